The van der Waals surface area contributed by atoms with Crippen LogP contribution in [0.5, 0.6) is 5.88 Å². The number of carbonyl (C=O) groups is 1. The second-order valence-corrected chi connectivity index (χ2v) is 2.85. The standard InChI is InChI=1S/C10H12N2O3/c1-7(6-9(13)14)12-8-4-3-5-11-10(8)15-2/h3-6,12H,1-2H3,(H,13,14)/b7-6-. The summed E-state index contributed by atoms with van der Waals surface area (Å²) in [6.45, 7) is 1.65. The van der Waals surface area contributed by atoms with Crippen LogP contribution in [0, 0.1) is 0 Å². The maximum Gasteiger partial charge on any atom is 0.330 e. The van der Waals surface area contributed by atoms with Gasteiger partial charge in [-0.3, -0.25) is 0 Å². The van der Waals surface area contributed by atoms with Crippen molar-refractivity contribution in [2.24, 2.45) is 0 Å². The van der Waals surface area contributed by atoms with Gasteiger partial charge in [-0.05, 0) is 19.1 Å². The third-order valence-corrected chi connectivity index (χ3v) is 1.64. The molecule has 5 nitrogen and oxygen atoms in total. The van der Waals surface area contributed by atoms with E-state index in [2.05, 4.69) is 10.3 Å². The lowest BCUT2D eigenvalue weighted by Crippen LogP contribution is -2.02. The predicted molar refractivity (Wildman–Crippen MR) is 55.8 cm³/mol. The molecule has 0 aliphatic carbocycles. The van der Waals surface area contributed by atoms with Gasteiger partial charge in [0, 0.05) is 18.0 Å². The number of rotatable bonds is 4. The molecule has 1 rings (SSSR count). The van der Waals surface area contributed by atoms with Crippen molar-refractivity contribution >= 4 is 11.7 Å². The lowest BCUT2D eigenvalue weighted by atomic mass is 10.3. The number of methoxy groups -OCH3 is 1. The average molecular weight is 208 g/mol. The number of carboxylic acids is 1. The summed E-state index contributed by atoms with van der Waals surface area (Å²) in [6, 6.07) is 3.49. The topological polar surface area (TPSA) is 71.5 Å². The van der Waals surface area contributed by atoms with Crippen molar-refractivity contribution < 1.29 is 14.6 Å². The van der Waals surface area contributed by atoms with Gasteiger partial charge in [0.2, 0.25) is 5.88 Å². The Morgan fingerprint density at radius 3 is 3.00 bits per heavy atom. The number of anilines is 1. The van der Waals surface area contributed by atoms with E-state index in [0.717, 1.165) is 6.08 Å². The Morgan fingerprint density at radius 1 is 1.67 bits per heavy atom. The molecule has 0 aromatic carbocycles. The number of ether oxygens (including phenoxy) is 1. The summed E-state index contributed by atoms with van der Waals surface area (Å²) < 4.78 is 5.00. The first-order valence-electron chi connectivity index (χ1n) is 4.30. The zero-order valence-corrected chi connectivity index (χ0v) is 8.52. The first-order chi connectivity index (χ1) is 7.13. The third-order valence-electron chi connectivity index (χ3n) is 1.64. The molecule has 0 aliphatic heterocycles. The molecule has 0 saturated carbocycles. The van der Waals surface area contributed by atoms with Gasteiger partial charge in [-0.1, -0.05) is 0 Å². The molecule has 0 unspecified atom stereocenters. The van der Waals surface area contributed by atoms with Crippen molar-refractivity contribution in [3.8, 4) is 5.88 Å². The first kappa shape index (κ1) is 11.0. The van der Waals surface area contributed by atoms with Crippen molar-refractivity contribution in [3.05, 3.63) is 30.1 Å². The molecule has 5 heteroatoms. The zero-order chi connectivity index (χ0) is 11.3. The Morgan fingerprint density at radius 2 is 2.40 bits per heavy atom. The number of pyridine rings is 1. The number of hydrogen-bond acceptors (Lipinski definition) is 4. The molecule has 2 N–H and O–H groups in total. The van der Waals surface area contributed by atoms with E-state index in [1.165, 1.54) is 7.11 Å². The SMILES string of the molecule is COc1ncccc1N/C(C)=C\C(=O)O. The second kappa shape index (κ2) is 4.99. The van der Waals surface area contributed by atoms with Crippen LogP contribution in [0.1, 0.15) is 6.92 Å². The number of allylic oxidation sites excluding steroid dienone is 1. The van der Waals surface area contributed by atoms with Crippen molar-refractivity contribution in [2.45, 2.75) is 6.92 Å². The molecular weight excluding hydrogens is 196 g/mol. The highest BCUT2D eigenvalue weighted by Crippen LogP contribution is 2.21. The minimum atomic E-state index is -0.997. The van der Waals surface area contributed by atoms with E-state index >= 15 is 0 Å². The summed E-state index contributed by atoms with van der Waals surface area (Å²) in [5.41, 5.74) is 1.14. The molecule has 0 radical (unpaired) electrons. The Kier molecular flexibility index (Phi) is 3.68. The Labute approximate surface area is 87.4 Å². The van der Waals surface area contributed by atoms with Crippen molar-refractivity contribution in [2.75, 3.05) is 12.4 Å². The van der Waals surface area contributed by atoms with E-state index in [-0.39, 0.29) is 0 Å². The Bertz CT molecular complexity index is 388. The van der Waals surface area contributed by atoms with Gasteiger partial charge >= 0.3 is 5.97 Å². The van der Waals surface area contributed by atoms with Crippen LogP contribution >= 0.6 is 0 Å². The Hall–Kier alpha value is -2.04. The molecule has 0 fully saturated rings. The molecule has 0 saturated heterocycles. The molecule has 15 heavy (non-hydrogen) atoms. The van der Waals surface area contributed by atoms with E-state index in [1.807, 2.05) is 0 Å². The number of aromatic nitrogens is 1. The maximum atomic E-state index is 10.4. The van der Waals surface area contributed by atoms with E-state index < -0.39 is 5.97 Å². The molecule has 0 amide bonds. The monoisotopic (exact) mass is 208 g/mol. The number of aliphatic carboxylic acids is 1. The second-order valence-electron chi connectivity index (χ2n) is 2.85. The van der Waals surface area contributed by atoms with Gasteiger partial charge in [0.05, 0.1) is 7.11 Å². The van der Waals surface area contributed by atoms with Crippen LogP contribution in [0.15, 0.2) is 30.1 Å². The molecule has 0 spiro atoms. The minimum absolute atomic E-state index is 0.427. The van der Waals surface area contributed by atoms with E-state index in [9.17, 15) is 4.79 Å². The average Bonchev–Trinajstić information content (AvgIpc) is 2.17. The molecule has 1 aromatic heterocycles. The van der Waals surface area contributed by atoms with Crippen LogP contribution < -0.4 is 10.1 Å². The zero-order valence-electron chi connectivity index (χ0n) is 8.52. The van der Waals surface area contributed by atoms with Crippen LogP contribution in [-0.4, -0.2) is 23.2 Å². The van der Waals surface area contributed by atoms with Gasteiger partial charge in [-0.2, -0.15) is 0 Å². The highest BCUT2D eigenvalue weighted by atomic mass is 16.5. The smallest absolute Gasteiger partial charge is 0.330 e. The number of carboxylic acid groups (broad SMARTS) is 1. The summed E-state index contributed by atoms with van der Waals surface area (Å²) >= 11 is 0. The number of nitrogens with one attached hydrogen (secondary N) is 1. The summed E-state index contributed by atoms with van der Waals surface area (Å²) in [6.07, 6.45) is 2.67. The van der Waals surface area contributed by atoms with E-state index in [4.69, 9.17) is 9.84 Å². The molecule has 80 valence electrons. The van der Waals surface area contributed by atoms with Gasteiger partial charge in [0.15, 0.2) is 0 Å². The number of nitrogens with zero attached hydrogens (tertiary/aromatic N) is 1. The van der Waals surface area contributed by atoms with Crippen LogP contribution in [-0.2, 0) is 4.79 Å². The summed E-state index contributed by atoms with van der Waals surface area (Å²) in [5, 5.41) is 11.4. The van der Waals surface area contributed by atoms with E-state index in [0.29, 0.717) is 17.3 Å². The summed E-state index contributed by atoms with van der Waals surface area (Å²) in [7, 11) is 1.50. The van der Waals surface area contributed by atoms with Crippen molar-refractivity contribution in [1.82, 2.24) is 4.98 Å². The van der Waals surface area contributed by atoms with Gasteiger partial charge in [-0.25, -0.2) is 9.78 Å². The quantitative estimate of drug-likeness (QED) is 0.733. The van der Waals surface area contributed by atoms with Crippen LogP contribution in [0.2, 0.25) is 0 Å². The third kappa shape index (κ3) is 3.30. The molecule has 1 heterocycles. The fourth-order valence-electron chi connectivity index (χ4n) is 1.08. The first-order valence-corrected chi connectivity index (χ1v) is 4.30. The normalized spacial score (nSPS) is 10.9. The molecular formula is C10H12N2O3. The summed E-state index contributed by atoms with van der Waals surface area (Å²) in [4.78, 5) is 14.4. The lowest BCUT2D eigenvalue weighted by molar-refractivity contribution is -0.131. The van der Waals surface area contributed by atoms with Crippen LogP contribution in [0.4, 0.5) is 5.69 Å². The Balaban J connectivity index is 2.84. The summed E-state index contributed by atoms with van der Waals surface area (Å²) in [5.74, 6) is -0.571. The molecule has 1 aromatic rings. The van der Waals surface area contributed by atoms with Gasteiger partial charge in [0.25, 0.3) is 0 Å². The molecule has 0 aliphatic rings. The maximum absolute atomic E-state index is 10.4. The lowest BCUT2D eigenvalue weighted by Gasteiger charge is -2.09. The highest BCUT2D eigenvalue weighted by Gasteiger charge is 2.03. The van der Waals surface area contributed by atoms with Crippen LogP contribution in [0.25, 0.3) is 0 Å². The van der Waals surface area contributed by atoms with Crippen molar-refractivity contribution in [1.29, 1.82) is 0 Å². The largest absolute Gasteiger partial charge is 0.480 e. The van der Waals surface area contributed by atoms with E-state index in [1.54, 1.807) is 25.3 Å². The van der Waals surface area contributed by atoms with Gasteiger partial charge in [0.1, 0.15) is 5.69 Å². The fourth-order valence-corrected chi connectivity index (χ4v) is 1.08. The predicted octanol–water partition coefficient (Wildman–Crippen LogP) is 1.49. The molecule has 0 atom stereocenters. The molecule has 0 bridgehead atoms. The number of hydrogen-bond donors (Lipinski definition) is 2. The van der Waals surface area contributed by atoms with Gasteiger partial charge in [-0.15, -0.1) is 0 Å². The fraction of sp³-hybridized carbons (Fsp3) is 0.200. The minimum Gasteiger partial charge on any atom is -0.480 e. The highest BCUT2D eigenvalue weighted by molar-refractivity contribution is 5.81. The van der Waals surface area contributed by atoms with Gasteiger partial charge < -0.3 is 15.2 Å². The van der Waals surface area contributed by atoms with Crippen LogP contribution in [0.3, 0.4) is 0 Å². The van der Waals surface area contributed by atoms with Crippen molar-refractivity contribution in [3.63, 3.8) is 0 Å².